The predicted octanol–water partition coefficient (Wildman–Crippen LogP) is 3.70. The maximum atomic E-state index is 8.71. The van der Waals surface area contributed by atoms with Crippen molar-refractivity contribution >= 4 is 5.71 Å². The predicted molar refractivity (Wildman–Crippen MR) is 70.0 cm³/mol. The van der Waals surface area contributed by atoms with Gasteiger partial charge in [0, 0.05) is 5.56 Å². The monoisotopic (exact) mass is 235 g/mol. The molecule has 0 aliphatic rings. The number of ether oxygens (including phenoxy) is 1. The number of nitrogens with zero attached hydrogens (tertiary/aromatic N) is 1. The van der Waals surface area contributed by atoms with Crippen LogP contribution in [0.2, 0.25) is 0 Å². The number of hydrogen-bond acceptors (Lipinski definition) is 3. The molecule has 17 heavy (non-hydrogen) atoms. The molecule has 0 aromatic heterocycles. The maximum Gasteiger partial charge on any atom is 0.119 e. The average molecular weight is 235 g/mol. The van der Waals surface area contributed by atoms with Crippen molar-refractivity contribution in [3.63, 3.8) is 0 Å². The van der Waals surface area contributed by atoms with Crippen LogP contribution in [0.1, 0.15) is 39.2 Å². The zero-order valence-electron chi connectivity index (χ0n) is 10.8. The van der Waals surface area contributed by atoms with Gasteiger partial charge in [0.1, 0.15) is 5.75 Å². The molecular weight excluding hydrogens is 214 g/mol. The molecule has 1 aromatic carbocycles. The number of benzene rings is 1. The molecule has 0 saturated heterocycles. The van der Waals surface area contributed by atoms with Crippen LogP contribution in [0, 0.1) is 5.92 Å². The minimum absolute atomic E-state index is 0.566. The van der Waals surface area contributed by atoms with Crippen LogP contribution in [0.15, 0.2) is 29.4 Å². The summed E-state index contributed by atoms with van der Waals surface area (Å²) in [5.74, 6) is 1.39. The van der Waals surface area contributed by atoms with E-state index < -0.39 is 0 Å². The minimum atomic E-state index is 0.566. The summed E-state index contributed by atoms with van der Waals surface area (Å²) in [5, 5.41) is 11.9. The van der Waals surface area contributed by atoms with Gasteiger partial charge in [-0.05, 0) is 31.4 Å². The van der Waals surface area contributed by atoms with Gasteiger partial charge in [-0.3, -0.25) is 0 Å². The molecule has 0 bridgehead atoms. The fraction of sp³-hybridized carbons (Fsp3) is 0.500. The summed E-state index contributed by atoms with van der Waals surface area (Å²) >= 11 is 0. The first-order valence-corrected chi connectivity index (χ1v) is 6.09. The Morgan fingerprint density at radius 2 is 2.24 bits per heavy atom. The summed E-state index contributed by atoms with van der Waals surface area (Å²) in [5.41, 5.74) is 1.48. The van der Waals surface area contributed by atoms with Crippen LogP contribution < -0.4 is 4.74 Å². The smallest absolute Gasteiger partial charge is 0.119 e. The fourth-order valence-corrected chi connectivity index (χ4v) is 1.68. The lowest BCUT2D eigenvalue weighted by atomic mass is 10.1. The lowest BCUT2D eigenvalue weighted by Gasteiger charge is -2.12. The normalized spacial score (nSPS) is 13.5. The molecule has 1 N–H and O–H groups in total. The third-order valence-electron chi connectivity index (χ3n) is 2.72. The molecule has 3 nitrogen and oxygen atoms in total. The Hall–Kier alpha value is -1.51. The molecule has 1 aromatic rings. The molecule has 94 valence electrons. The molecule has 0 radical (unpaired) electrons. The average Bonchev–Trinajstić information content (AvgIpc) is 2.36. The van der Waals surface area contributed by atoms with Crippen molar-refractivity contribution in [2.45, 2.75) is 33.6 Å². The van der Waals surface area contributed by atoms with Gasteiger partial charge in [0.25, 0.3) is 0 Å². The molecule has 3 heteroatoms. The van der Waals surface area contributed by atoms with E-state index in [2.05, 4.69) is 19.0 Å². The van der Waals surface area contributed by atoms with E-state index in [9.17, 15) is 0 Å². The molecule has 1 unspecified atom stereocenters. The number of hydrogen-bond donors (Lipinski definition) is 1. The van der Waals surface area contributed by atoms with Gasteiger partial charge in [-0.15, -0.1) is 0 Å². The SMILES string of the molecule is CCCC(C)COc1cccc(/C(C)=N/O)c1. The van der Waals surface area contributed by atoms with Crippen molar-refractivity contribution in [2.75, 3.05) is 6.61 Å². The molecule has 0 amide bonds. The third kappa shape index (κ3) is 4.47. The molecule has 1 atom stereocenters. The molecule has 0 saturated carbocycles. The van der Waals surface area contributed by atoms with Crippen LogP contribution in [0.4, 0.5) is 0 Å². The Labute approximate surface area is 103 Å². The highest BCUT2D eigenvalue weighted by atomic mass is 16.5. The summed E-state index contributed by atoms with van der Waals surface area (Å²) in [7, 11) is 0. The first-order valence-electron chi connectivity index (χ1n) is 6.09. The molecule has 0 fully saturated rings. The van der Waals surface area contributed by atoms with Crippen LogP contribution in [0.5, 0.6) is 5.75 Å². The van der Waals surface area contributed by atoms with Crippen LogP contribution in [0.25, 0.3) is 0 Å². The first kappa shape index (κ1) is 13.6. The highest BCUT2D eigenvalue weighted by Gasteiger charge is 2.04. The van der Waals surface area contributed by atoms with E-state index in [0.717, 1.165) is 17.9 Å². The van der Waals surface area contributed by atoms with E-state index >= 15 is 0 Å². The minimum Gasteiger partial charge on any atom is -0.493 e. The van der Waals surface area contributed by atoms with Gasteiger partial charge in [0.15, 0.2) is 0 Å². The van der Waals surface area contributed by atoms with Gasteiger partial charge in [-0.25, -0.2) is 0 Å². The summed E-state index contributed by atoms with van der Waals surface area (Å²) in [6, 6.07) is 7.63. The Morgan fingerprint density at radius 1 is 1.47 bits per heavy atom. The van der Waals surface area contributed by atoms with E-state index in [1.54, 1.807) is 6.92 Å². The summed E-state index contributed by atoms with van der Waals surface area (Å²) in [4.78, 5) is 0. The van der Waals surface area contributed by atoms with Crippen LogP contribution in [-0.2, 0) is 0 Å². The molecule has 0 aliphatic heterocycles. The third-order valence-corrected chi connectivity index (χ3v) is 2.72. The standard InChI is InChI=1S/C14H21NO2/c1-4-6-11(2)10-17-14-8-5-7-13(9-14)12(3)15-16/h5,7-9,11,16H,4,6,10H2,1-3H3/b15-12+. The number of rotatable bonds is 6. The number of oxime groups is 1. The summed E-state index contributed by atoms with van der Waals surface area (Å²) in [6.07, 6.45) is 2.36. The Balaban J connectivity index is 2.60. The van der Waals surface area contributed by atoms with Crippen molar-refractivity contribution in [1.29, 1.82) is 0 Å². The van der Waals surface area contributed by atoms with E-state index in [0.29, 0.717) is 11.6 Å². The molecule has 0 aliphatic carbocycles. The molecule has 0 heterocycles. The van der Waals surface area contributed by atoms with E-state index in [1.165, 1.54) is 12.8 Å². The second-order valence-corrected chi connectivity index (χ2v) is 4.42. The van der Waals surface area contributed by atoms with Crippen LogP contribution in [0.3, 0.4) is 0 Å². The quantitative estimate of drug-likeness (QED) is 0.464. The largest absolute Gasteiger partial charge is 0.493 e. The van der Waals surface area contributed by atoms with Gasteiger partial charge < -0.3 is 9.94 Å². The maximum absolute atomic E-state index is 8.71. The lowest BCUT2D eigenvalue weighted by Crippen LogP contribution is -2.08. The Bertz CT molecular complexity index is 374. The Kier molecular flexibility index (Phi) is 5.53. The highest BCUT2D eigenvalue weighted by Crippen LogP contribution is 2.16. The van der Waals surface area contributed by atoms with Crippen molar-refractivity contribution < 1.29 is 9.94 Å². The van der Waals surface area contributed by atoms with E-state index in [-0.39, 0.29) is 0 Å². The Morgan fingerprint density at radius 3 is 2.88 bits per heavy atom. The highest BCUT2D eigenvalue weighted by molar-refractivity contribution is 5.98. The van der Waals surface area contributed by atoms with Gasteiger partial charge in [-0.2, -0.15) is 0 Å². The lowest BCUT2D eigenvalue weighted by molar-refractivity contribution is 0.251. The van der Waals surface area contributed by atoms with Crippen molar-refractivity contribution in [2.24, 2.45) is 11.1 Å². The van der Waals surface area contributed by atoms with E-state index in [4.69, 9.17) is 9.94 Å². The van der Waals surface area contributed by atoms with Crippen molar-refractivity contribution in [3.8, 4) is 5.75 Å². The summed E-state index contributed by atoms with van der Waals surface area (Å²) < 4.78 is 5.72. The summed E-state index contributed by atoms with van der Waals surface area (Å²) in [6.45, 7) is 6.86. The van der Waals surface area contributed by atoms with Crippen molar-refractivity contribution in [3.05, 3.63) is 29.8 Å². The van der Waals surface area contributed by atoms with Gasteiger partial charge in [-0.1, -0.05) is 37.6 Å². The van der Waals surface area contributed by atoms with Gasteiger partial charge in [0.2, 0.25) is 0 Å². The van der Waals surface area contributed by atoms with E-state index in [1.807, 2.05) is 24.3 Å². The second kappa shape index (κ2) is 6.94. The zero-order chi connectivity index (χ0) is 12.7. The molecule has 0 spiro atoms. The van der Waals surface area contributed by atoms with Crippen LogP contribution >= 0.6 is 0 Å². The second-order valence-electron chi connectivity index (χ2n) is 4.42. The van der Waals surface area contributed by atoms with Gasteiger partial charge >= 0.3 is 0 Å². The first-order chi connectivity index (χ1) is 8.17. The molecule has 1 rings (SSSR count). The fourth-order valence-electron chi connectivity index (χ4n) is 1.68. The molecular formula is C14H21NO2. The van der Waals surface area contributed by atoms with Crippen molar-refractivity contribution in [1.82, 2.24) is 0 Å². The van der Waals surface area contributed by atoms with Crippen LogP contribution in [-0.4, -0.2) is 17.5 Å². The van der Waals surface area contributed by atoms with Gasteiger partial charge in [0.05, 0.1) is 12.3 Å². The topological polar surface area (TPSA) is 41.8 Å². The zero-order valence-corrected chi connectivity index (χ0v) is 10.8.